The van der Waals surface area contributed by atoms with E-state index < -0.39 is 8.25 Å². The Bertz CT molecular complexity index is 2910. The highest BCUT2D eigenvalue weighted by atomic mass is 31.1. The fourth-order valence-corrected chi connectivity index (χ4v) is 12.2. The summed E-state index contributed by atoms with van der Waals surface area (Å²) >= 11 is 0. The SMILES string of the molecule is CCC(CCCCCCC(CC)n1c(-c2ccccc2)c(-c2ccccc2)n(-c2ccccc2)c1=O)O[PH](=O)OC(CC)CCCCCCC(CC)n1c(-c2ccccc2)c(-c2ccccc2)n(-c2ccccc2)c1=O. The van der Waals surface area contributed by atoms with E-state index in [-0.39, 0.29) is 35.7 Å². The van der Waals surface area contributed by atoms with Gasteiger partial charge in [0, 0.05) is 34.3 Å². The summed E-state index contributed by atoms with van der Waals surface area (Å²) in [7, 11) is -2.66. The Kier molecular flexibility index (Phi) is 20.9. The van der Waals surface area contributed by atoms with Crippen LogP contribution in [0.25, 0.3) is 56.4 Å². The van der Waals surface area contributed by atoms with Crippen molar-refractivity contribution in [2.24, 2.45) is 0 Å². The van der Waals surface area contributed by atoms with E-state index in [1.54, 1.807) is 0 Å². The predicted octanol–water partition coefficient (Wildman–Crippen LogP) is 17.5. The van der Waals surface area contributed by atoms with Gasteiger partial charge in [0.05, 0.1) is 46.4 Å². The molecule has 0 bridgehead atoms. The zero-order valence-corrected chi connectivity index (χ0v) is 46.3. The molecule has 4 unspecified atom stereocenters. The summed E-state index contributed by atoms with van der Waals surface area (Å²) in [5.41, 5.74) is 9.50. The number of nitrogens with zero attached hydrogens (tertiary/aromatic N) is 4. The second-order valence-corrected chi connectivity index (χ2v) is 21.1. The summed E-state index contributed by atoms with van der Waals surface area (Å²) in [6.45, 7) is 8.57. The third-order valence-corrected chi connectivity index (χ3v) is 16.2. The minimum absolute atomic E-state index is 0.0137. The van der Waals surface area contributed by atoms with E-state index >= 15 is 0 Å². The van der Waals surface area contributed by atoms with Crippen LogP contribution in [0, 0.1) is 0 Å². The molecular weight excluding hydrogens is 960 g/mol. The molecule has 9 nitrogen and oxygen atoms in total. The number of hydrogen-bond acceptors (Lipinski definition) is 5. The van der Waals surface area contributed by atoms with Crippen molar-refractivity contribution >= 4 is 8.25 Å². The number of rotatable bonds is 30. The van der Waals surface area contributed by atoms with Crippen LogP contribution in [0.3, 0.4) is 0 Å². The Labute approximate surface area is 452 Å². The molecule has 76 heavy (non-hydrogen) atoms. The molecule has 8 rings (SSSR count). The molecule has 2 aromatic heterocycles. The summed E-state index contributed by atoms with van der Waals surface area (Å²) in [5, 5.41) is 0. The van der Waals surface area contributed by atoms with Gasteiger partial charge in [0.1, 0.15) is 0 Å². The average molecular weight is 1040 g/mol. The highest BCUT2D eigenvalue weighted by molar-refractivity contribution is 7.33. The molecule has 10 heteroatoms. The molecule has 398 valence electrons. The Morgan fingerprint density at radius 3 is 0.921 bits per heavy atom. The summed E-state index contributed by atoms with van der Waals surface area (Å²) in [4.78, 5) is 29.5. The van der Waals surface area contributed by atoms with E-state index in [1.165, 1.54) is 0 Å². The third kappa shape index (κ3) is 13.7. The van der Waals surface area contributed by atoms with Gasteiger partial charge in [-0.25, -0.2) is 9.59 Å². The van der Waals surface area contributed by atoms with E-state index in [4.69, 9.17) is 9.05 Å². The molecular formula is C66H79N4O5P. The molecule has 0 fully saturated rings. The van der Waals surface area contributed by atoms with Gasteiger partial charge in [-0.1, -0.05) is 237 Å². The molecule has 0 aliphatic carbocycles. The lowest BCUT2D eigenvalue weighted by atomic mass is 10.0. The van der Waals surface area contributed by atoms with Crippen molar-refractivity contribution in [1.82, 2.24) is 18.3 Å². The van der Waals surface area contributed by atoms with Crippen LogP contribution < -0.4 is 11.4 Å². The van der Waals surface area contributed by atoms with Crippen molar-refractivity contribution in [1.29, 1.82) is 0 Å². The minimum atomic E-state index is -2.66. The lowest BCUT2D eigenvalue weighted by Gasteiger charge is -2.21. The summed E-state index contributed by atoms with van der Waals surface area (Å²) in [6, 6.07) is 61.3. The molecule has 0 spiro atoms. The largest absolute Gasteiger partial charge is 0.334 e. The molecule has 0 amide bonds. The second-order valence-electron chi connectivity index (χ2n) is 20.2. The van der Waals surface area contributed by atoms with Gasteiger partial charge in [-0.15, -0.1) is 0 Å². The molecule has 0 aliphatic heterocycles. The van der Waals surface area contributed by atoms with E-state index in [1.807, 2.05) is 143 Å². The first-order chi connectivity index (χ1) is 37.4. The highest BCUT2D eigenvalue weighted by Gasteiger charge is 2.29. The first kappa shape index (κ1) is 55.7. The van der Waals surface area contributed by atoms with Crippen LogP contribution in [0.4, 0.5) is 0 Å². The smallest absolute Gasteiger partial charge is 0.307 e. The zero-order chi connectivity index (χ0) is 53.1. The quantitative estimate of drug-likeness (QED) is 0.0331. The van der Waals surface area contributed by atoms with E-state index in [2.05, 4.69) is 85.4 Å². The molecule has 2 heterocycles. The van der Waals surface area contributed by atoms with Crippen molar-refractivity contribution in [3.05, 3.63) is 203 Å². The van der Waals surface area contributed by atoms with Gasteiger partial charge in [-0.2, -0.15) is 0 Å². The van der Waals surface area contributed by atoms with E-state index in [0.717, 1.165) is 159 Å². The monoisotopic (exact) mass is 1040 g/mol. The number of aromatic nitrogens is 4. The number of para-hydroxylation sites is 2. The normalized spacial score (nSPS) is 13.6. The number of unbranched alkanes of at least 4 members (excludes halogenated alkanes) is 6. The fourth-order valence-electron chi connectivity index (χ4n) is 11.1. The molecule has 8 aromatic rings. The summed E-state index contributed by atoms with van der Waals surface area (Å²) < 4.78 is 33.5. The molecule has 0 N–H and O–H groups in total. The van der Waals surface area contributed by atoms with Crippen molar-refractivity contribution in [2.75, 3.05) is 0 Å². The Morgan fingerprint density at radius 2 is 0.632 bits per heavy atom. The van der Waals surface area contributed by atoms with E-state index in [0.29, 0.717) is 0 Å². The topological polar surface area (TPSA) is 89.4 Å². The van der Waals surface area contributed by atoms with Crippen LogP contribution in [0.1, 0.15) is 143 Å². The van der Waals surface area contributed by atoms with Crippen LogP contribution in [0.5, 0.6) is 0 Å². The van der Waals surface area contributed by atoms with Crippen LogP contribution in [0.15, 0.2) is 192 Å². The first-order valence-corrected chi connectivity index (χ1v) is 29.5. The van der Waals surface area contributed by atoms with Crippen LogP contribution >= 0.6 is 8.25 Å². The molecule has 0 saturated heterocycles. The standard InChI is InChI=1S/C66H79N4O5P/c1-5-55(67-61(51-35-19-13-20-36-51)63(53-39-23-15-24-40-53)69(65(67)71)57-45-29-17-30-46-57)43-27-9-11-33-49-59(7-3)74-76(73)75-60(8-4)50-34-12-10-28-44-56(6-2)68-62(52-37-21-14-22-38-52)64(54-41-25-16-26-42-54)70(66(68)72)58-47-31-18-32-48-58/h13-26,29-32,35-42,45-48,55-56,59-60,76H,5-12,27-28,33-34,43-44,49-50H2,1-4H3. The Hall–Kier alpha value is -6.51. The van der Waals surface area contributed by atoms with Crippen LogP contribution in [0.2, 0.25) is 0 Å². The summed E-state index contributed by atoms with van der Waals surface area (Å²) in [5.74, 6) is 0. The maximum atomic E-state index is 14.7. The van der Waals surface area contributed by atoms with Crippen LogP contribution in [-0.4, -0.2) is 30.5 Å². The van der Waals surface area contributed by atoms with Crippen LogP contribution in [-0.2, 0) is 13.6 Å². The average Bonchev–Trinajstić information content (AvgIpc) is 4.03. The summed E-state index contributed by atoms with van der Waals surface area (Å²) in [6.07, 6.45) is 14.6. The third-order valence-electron chi connectivity index (χ3n) is 15.1. The number of hydrogen-bond donors (Lipinski definition) is 0. The molecule has 0 saturated carbocycles. The lowest BCUT2D eigenvalue weighted by molar-refractivity contribution is 0.113. The number of imidazole rings is 2. The molecule has 4 atom stereocenters. The highest BCUT2D eigenvalue weighted by Crippen LogP contribution is 2.39. The molecule has 0 aliphatic rings. The Balaban J connectivity index is 0.811. The molecule has 6 aromatic carbocycles. The van der Waals surface area contributed by atoms with Gasteiger partial charge < -0.3 is 9.05 Å². The van der Waals surface area contributed by atoms with Crippen molar-refractivity contribution < 1.29 is 13.6 Å². The first-order valence-electron chi connectivity index (χ1n) is 28.3. The lowest BCUT2D eigenvalue weighted by Crippen LogP contribution is -2.27. The maximum absolute atomic E-state index is 14.7. The van der Waals surface area contributed by atoms with E-state index in [9.17, 15) is 14.2 Å². The van der Waals surface area contributed by atoms with Gasteiger partial charge in [0.2, 0.25) is 0 Å². The molecule has 0 radical (unpaired) electrons. The van der Waals surface area contributed by atoms with Crippen molar-refractivity contribution in [3.63, 3.8) is 0 Å². The van der Waals surface area contributed by atoms with Crippen molar-refractivity contribution in [2.45, 2.75) is 155 Å². The van der Waals surface area contributed by atoms with Gasteiger partial charge in [0.15, 0.2) is 0 Å². The zero-order valence-electron chi connectivity index (χ0n) is 45.3. The maximum Gasteiger partial charge on any atom is 0.334 e. The second kappa shape index (κ2) is 28.6. The fraction of sp³-hybridized carbons (Fsp3) is 0.364. The van der Waals surface area contributed by atoms with Gasteiger partial charge in [-0.3, -0.25) is 22.8 Å². The van der Waals surface area contributed by atoms with Gasteiger partial charge in [0.25, 0.3) is 0 Å². The number of benzene rings is 6. The predicted molar refractivity (Wildman–Crippen MR) is 315 cm³/mol. The van der Waals surface area contributed by atoms with Gasteiger partial charge >= 0.3 is 19.6 Å². The Morgan fingerprint density at radius 1 is 0.355 bits per heavy atom. The van der Waals surface area contributed by atoms with Crippen molar-refractivity contribution in [3.8, 4) is 56.4 Å². The van der Waals surface area contributed by atoms with Gasteiger partial charge in [-0.05, 0) is 75.6 Å². The minimum Gasteiger partial charge on any atom is -0.307 e.